The number of benzene rings is 1. The number of aryl methyl sites for hydroxylation is 1. The van der Waals surface area contributed by atoms with Crippen molar-refractivity contribution in [2.75, 3.05) is 12.4 Å². The molecule has 1 aliphatic rings. The Morgan fingerprint density at radius 1 is 1.48 bits per heavy atom. The summed E-state index contributed by atoms with van der Waals surface area (Å²) in [7, 11) is 0. The first kappa shape index (κ1) is 15.7. The number of carbonyl (C=O) groups excluding carboxylic acids is 1. The Morgan fingerprint density at radius 3 is 2.91 bits per heavy atom. The first-order valence-corrected chi connectivity index (χ1v) is 8.49. The Balaban J connectivity index is 2.25. The molecule has 122 valence electrons. The van der Waals surface area contributed by atoms with Gasteiger partial charge in [-0.1, -0.05) is 6.07 Å². The summed E-state index contributed by atoms with van der Waals surface area (Å²) in [6, 6.07) is 5.54. The molecule has 0 spiro atoms. The molecule has 0 fully saturated rings. The molecule has 1 atom stereocenters. The minimum atomic E-state index is -1.04. The van der Waals surface area contributed by atoms with Gasteiger partial charge in [0.15, 0.2) is 6.61 Å². The average molecular weight is 334 g/mol. The number of nitrogens with zero attached hydrogens (tertiary/aromatic N) is 1. The lowest BCUT2D eigenvalue weighted by Gasteiger charge is -2.21. The van der Waals surface area contributed by atoms with Crippen molar-refractivity contribution in [1.29, 1.82) is 0 Å². The molecule has 3 rings (SSSR count). The number of carboxylic acids is 1. The van der Waals surface area contributed by atoms with E-state index < -0.39 is 17.8 Å². The summed E-state index contributed by atoms with van der Waals surface area (Å²) in [5.74, 6) is -0.0877. The largest absolute Gasteiger partial charge is 0.481 e. The molecule has 0 saturated heterocycles. The number of amides is 1. The number of ether oxygens (including phenoxy) is 1. The lowest BCUT2D eigenvalue weighted by molar-refractivity contribution is -0.139. The fraction of sp³-hybridized carbons (Fsp3) is 0.375. The highest BCUT2D eigenvalue weighted by Gasteiger charge is 2.32. The topological polar surface area (TPSA) is 94.6 Å². The molecule has 1 aliphatic heterocycles. The molecule has 7 heteroatoms. The van der Waals surface area contributed by atoms with E-state index in [1.165, 1.54) is 11.8 Å². The number of aliphatic carboxylic acids is 1. The Hall–Kier alpha value is -2.15. The summed E-state index contributed by atoms with van der Waals surface area (Å²) in [6.07, 6.45) is 0.852. The standard InChI is InChI=1S/C16H18N2O4S/c1-2-18-9-4-3-5-11(22-8-12(19)20)13(9)14-10(18)6-7-23-15(14)16(17)21/h3-5,15H,2,6-8H2,1H3,(H2,17,21)(H,19,20). The molecule has 0 aliphatic carbocycles. The number of thioether (sulfide) groups is 1. The van der Waals surface area contributed by atoms with Crippen LogP contribution in [0.15, 0.2) is 18.2 Å². The number of carboxylic acid groups (broad SMARTS) is 1. The number of aromatic nitrogens is 1. The third-order valence-electron chi connectivity index (χ3n) is 4.01. The van der Waals surface area contributed by atoms with Crippen molar-refractivity contribution < 1.29 is 19.4 Å². The number of hydrogen-bond donors (Lipinski definition) is 2. The van der Waals surface area contributed by atoms with Crippen molar-refractivity contribution in [3.8, 4) is 5.75 Å². The summed E-state index contributed by atoms with van der Waals surface area (Å²) >= 11 is 1.53. The van der Waals surface area contributed by atoms with Crippen LogP contribution in [0.2, 0.25) is 0 Å². The van der Waals surface area contributed by atoms with Gasteiger partial charge in [0.25, 0.3) is 0 Å². The Bertz CT molecular complexity index is 784. The zero-order chi connectivity index (χ0) is 16.6. The van der Waals surface area contributed by atoms with Crippen LogP contribution >= 0.6 is 11.8 Å². The highest BCUT2D eigenvalue weighted by molar-refractivity contribution is 8.00. The first-order valence-electron chi connectivity index (χ1n) is 7.44. The molecule has 1 aromatic carbocycles. The highest BCUT2D eigenvalue weighted by atomic mass is 32.2. The molecular weight excluding hydrogens is 316 g/mol. The minimum Gasteiger partial charge on any atom is -0.481 e. The predicted octanol–water partition coefficient (Wildman–Crippen LogP) is 1.94. The van der Waals surface area contributed by atoms with E-state index in [2.05, 4.69) is 4.57 Å². The van der Waals surface area contributed by atoms with Gasteiger partial charge in [0.1, 0.15) is 11.0 Å². The molecule has 6 nitrogen and oxygen atoms in total. The Labute approximate surface area is 137 Å². The number of carbonyl (C=O) groups is 2. The number of primary amides is 1. The SMILES string of the molecule is CCn1c2c(c3c(OCC(=O)O)cccc31)C(C(N)=O)SCC2. The van der Waals surface area contributed by atoms with Gasteiger partial charge in [0.05, 0.1) is 5.52 Å². The maximum absolute atomic E-state index is 11.9. The lowest BCUT2D eigenvalue weighted by Crippen LogP contribution is -2.23. The summed E-state index contributed by atoms with van der Waals surface area (Å²) in [6.45, 7) is 2.40. The van der Waals surface area contributed by atoms with Gasteiger partial charge in [-0.05, 0) is 31.2 Å². The second-order valence-corrected chi connectivity index (χ2v) is 6.55. The maximum Gasteiger partial charge on any atom is 0.341 e. The molecular formula is C16H18N2O4S. The maximum atomic E-state index is 11.9. The van der Waals surface area contributed by atoms with E-state index in [-0.39, 0.29) is 5.91 Å². The van der Waals surface area contributed by atoms with Crippen molar-refractivity contribution in [1.82, 2.24) is 4.57 Å². The third-order valence-corrected chi connectivity index (χ3v) is 5.25. The van der Waals surface area contributed by atoms with Crippen molar-refractivity contribution in [3.63, 3.8) is 0 Å². The molecule has 0 saturated carbocycles. The zero-order valence-electron chi connectivity index (χ0n) is 12.7. The van der Waals surface area contributed by atoms with E-state index in [1.54, 1.807) is 6.07 Å². The minimum absolute atomic E-state index is 0.376. The third kappa shape index (κ3) is 2.65. The van der Waals surface area contributed by atoms with E-state index in [9.17, 15) is 9.59 Å². The van der Waals surface area contributed by atoms with Gasteiger partial charge in [0, 0.05) is 23.2 Å². The normalized spacial score (nSPS) is 17.0. The fourth-order valence-corrected chi connectivity index (χ4v) is 4.34. The Kier molecular flexibility index (Phi) is 4.21. The molecule has 1 aromatic heterocycles. The summed E-state index contributed by atoms with van der Waals surface area (Å²) in [5.41, 5.74) is 8.52. The summed E-state index contributed by atoms with van der Waals surface area (Å²) < 4.78 is 7.62. The molecule has 0 bridgehead atoms. The van der Waals surface area contributed by atoms with Crippen LogP contribution in [-0.2, 0) is 22.6 Å². The Morgan fingerprint density at radius 2 is 2.26 bits per heavy atom. The van der Waals surface area contributed by atoms with E-state index in [0.29, 0.717) is 5.75 Å². The van der Waals surface area contributed by atoms with Gasteiger partial charge >= 0.3 is 5.97 Å². The van der Waals surface area contributed by atoms with Crippen LogP contribution in [0.5, 0.6) is 5.75 Å². The average Bonchev–Trinajstić information content (AvgIpc) is 2.86. The monoisotopic (exact) mass is 334 g/mol. The van der Waals surface area contributed by atoms with Gasteiger partial charge in [-0.3, -0.25) is 4.79 Å². The van der Waals surface area contributed by atoms with E-state index in [1.807, 2.05) is 19.1 Å². The summed E-state index contributed by atoms with van der Waals surface area (Å²) in [4.78, 5) is 22.7. The van der Waals surface area contributed by atoms with E-state index in [4.69, 9.17) is 15.6 Å². The van der Waals surface area contributed by atoms with Crippen molar-refractivity contribution >= 4 is 34.5 Å². The second kappa shape index (κ2) is 6.16. The van der Waals surface area contributed by atoms with E-state index in [0.717, 1.165) is 40.9 Å². The van der Waals surface area contributed by atoms with Crippen molar-refractivity contribution in [3.05, 3.63) is 29.5 Å². The summed E-state index contributed by atoms with van der Waals surface area (Å²) in [5, 5.41) is 9.25. The van der Waals surface area contributed by atoms with Crippen LogP contribution in [0, 0.1) is 0 Å². The molecule has 2 aromatic rings. The van der Waals surface area contributed by atoms with Crippen LogP contribution < -0.4 is 10.5 Å². The van der Waals surface area contributed by atoms with Gasteiger partial charge < -0.3 is 20.1 Å². The predicted molar refractivity (Wildman–Crippen MR) is 88.8 cm³/mol. The van der Waals surface area contributed by atoms with Gasteiger partial charge in [-0.15, -0.1) is 11.8 Å². The van der Waals surface area contributed by atoms with Crippen molar-refractivity contribution in [2.24, 2.45) is 5.73 Å². The lowest BCUT2D eigenvalue weighted by atomic mass is 10.0. The van der Waals surface area contributed by atoms with Crippen LogP contribution in [0.3, 0.4) is 0 Å². The number of fused-ring (bicyclic) bond motifs is 3. The first-order chi connectivity index (χ1) is 11.0. The molecule has 2 heterocycles. The molecule has 0 radical (unpaired) electrons. The van der Waals surface area contributed by atoms with Crippen LogP contribution in [0.4, 0.5) is 0 Å². The smallest absolute Gasteiger partial charge is 0.341 e. The number of rotatable bonds is 5. The zero-order valence-corrected chi connectivity index (χ0v) is 13.6. The van der Waals surface area contributed by atoms with Crippen LogP contribution in [-0.4, -0.2) is 33.9 Å². The highest BCUT2D eigenvalue weighted by Crippen LogP contribution is 2.45. The molecule has 1 amide bonds. The van der Waals surface area contributed by atoms with Gasteiger partial charge in [0.2, 0.25) is 5.91 Å². The van der Waals surface area contributed by atoms with Gasteiger partial charge in [-0.25, -0.2) is 4.79 Å². The molecule has 1 unspecified atom stereocenters. The number of hydrogen-bond acceptors (Lipinski definition) is 4. The fourth-order valence-electron chi connectivity index (χ4n) is 3.20. The molecule has 3 N–H and O–H groups in total. The van der Waals surface area contributed by atoms with Crippen LogP contribution in [0.25, 0.3) is 10.9 Å². The quantitative estimate of drug-likeness (QED) is 0.871. The van der Waals surface area contributed by atoms with Crippen molar-refractivity contribution in [2.45, 2.75) is 25.1 Å². The van der Waals surface area contributed by atoms with Crippen LogP contribution in [0.1, 0.15) is 23.4 Å². The number of nitrogens with two attached hydrogens (primary N) is 1. The molecule has 23 heavy (non-hydrogen) atoms. The van der Waals surface area contributed by atoms with Gasteiger partial charge in [-0.2, -0.15) is 0 Å². The second-order valence-electron chi connectivity index (χ2n) is 5.34. The van der Waals surface area contributed by atoms with E-state index >= 15 is 0 Å².